The number of nitro groups is 1. The zero-order chi connectivity index (χ0) is 18.7. The van der Waals surface area contributed by atoms with Crippen LogP contribution in [0.4, 0.5) is 17.1 Å². The molecule has 0 aliphatic rings. The summed E-state index contributed by atoms with van der Waals surface area (Å²) in [4.78, 5) is 15.2. The van der Waals surface area contributed by atoms with Crippen LogP contribution in [0.25, 0.3) is 10.9 Å². The number of anilines is 2. The number of halogens is 1. The van der Waals surface area contributed by atoms with Crippen molar-refractivity contribution in [3.8, 4) is 11.8 Å². The Morgan fingerprint density at radius 2 is 2.19 bits per heavy atom. The Labute approximate surface area is 157 Å². The van der Waals surface area contributed by atoms with E-state index in [4.69, 9.17) is 4.74 Å². The van der Waals surface area contributed by atoms with Crippen LogP contribution in [-0.2, 0) is 0 Å². The number of nitrogens with zero attached hydrogens (tertiary/aromatic N) is 3. The van der Waals surface area contributed by atoms with E-state index in [2.05, 4.69) is 32.3 Å². The Kier molecular flexibility index (Phi) is 5.00. The summed E-state index contributed by atoms with van der Waals surface area (Å²) in [6.45, 7) is 2.05. The molecular formula is C18H13BrN4O3. The van der Waals surface area contributed by atoms with E-state index in [-0.39, 0.29) is 17.0 Å². The summed E-state index contributed by atoms with van der Waals surface area (Å²) in [6.07, 6.45) is 1.43. The molecule has 26 heavy (non-hydrogen) atoms. The van der Waals surface area contributed by atoms with Gasteiger partial charge in [-0.25, -0.2) is 0 Å². The summed E-state index contributed by atoms with van der Waals surface area (Å²) < 4.78 is 6.23. The highest BCUT2D eigenvalue weighted by Gasteiger charge is 2.20. The van der Waals surface area contributed by atoms with E-state index in [1.165, 1.54) is 18.3 Å². The summed E-state index contributed by atoms with van der Waals surface area (Å²) in [5.74, 6) is 0.149. The van der Waals surface area contributed by atoms with Crippen molar-refractivity contribution >= 4 is 43.9 Å². The molecule has 3 aromatic rings. The molecule has 0 fully saturated rings. The second kappa shape index (κ2) is 7.37. The molecule has 2 aromatic carbocycles. The second-order valence-electron chi connectivity index (χ2n) is 5.32. The molecule has 7 nitrogen and oxygen atoms in total. The smallest absolute Gasteiger partial charge is 0.311 e. The molecule has 0 spiro atoms. The fourth-order valence-electron chi connectivity index (χ4n) is 2.55. The molecule has 0 saturated heterocycles. The predicted octanol–water partition coefficient (Wildman–Crippen LogP) is 4.92. The van der Waals surface area contributed by atoms with E-state index in [1.54, 1.807) is 6.92 Å². The first-order valence-electron chi connectivity index (χ1n) is 7.70. The standard InChI is InChI=1S/C18H13BrN4O3/c1-2-26-17-8-15-14(7-16(17)23(24)25)18(11(9-20)10-21-15)22-13-5-3-4-12(19)6-13/h3-8,10H,2H2,1H3,(H,21,22). The summed E-state index contributed by atoms with van der Waals surface area (Å²) in [5.41, 5.74) is 1.81. The molecule has 0 aliphatic heterocycles. The molecule has 1 N–H and O–H groups in total. The Balaban J connectivity index is 2.23. The number of ether oxygens (including phenoxy) is 1. The van der Waals surface area contributed by atoms with Gasteiger partial charge in [-0.1, -0.05) is 22.0 Å². The molecule has 1 heterocycles. The van der Waals surface area contributed by atoms with Gasteiger partial charge in [-0.05, 0) is 25.1 Å². The largest absolute Gasteiger partial charge is 0.487 e. The first-order chi connectivity index (χ1) is 12.5. The van der Waals surface area contributed by atoms with Gasteiger partial charge in [0.2, 0.25) is 0 Å². The predicted molar refractivity (Wildman–Crippen MR) is 102 cm³/mol. The van der Waals surface area contributed by atoms with E-state index in [0.29, 0.717) is 23.2 Å². The van der Waals surface area contributed by atoms with Crippen LogP contribution in [0.5, 0.6) is 5.75 Å². The number of nitro benzene ring substituents is 1. The number of nitrogens with one attached hydrogen (secondary N) is 1. The van der Waals surface area contributed by atoms with Crippen molar-refractivity contribution in [2.45, 2.75) is 6.92 Å². The van der Waals surface area contributed by atoms with Gasteiger partial charge in [0.1, 0.15) is 6.07 Å². The van der Waals surface area contributed by atoms with Crippen LogP contribution < -0.4 is 10.1 Å². The Bertz CT molecular complexity index is 1050. The molecule has 0 aliphatic carbocycles. The number of pyridine rings is 1. The average Bonchev–Trinajstić information content (AvgIpc) is 2.61. The third kappa shape index (κ3) is 3.43. The molecule has 0 unspecified atom stereocenters. The van der Waals surface area contributed by atoms with Crippen molar-refractivity contribution in [3.63, 3.8) is 0 Å². The summed E-state index contributed by atoms with van der Waals surface area (Å²) in [6, 6.07) is 12.4. The monoisotopic (exact) mass is 412 g/mol. The fraction of sp³-hybridized carbons (Fsp3) is 0.111. The lowest BCUT2D eigenvalue weighted by Gasteiger charge is -2.13. The number of hydrogen-bond acceptors (Lipinski definition) is 6. The Morgan fingerprint density at radius 1 is 1.38 bits per heavy atom. The fourth-order valence-corrected chi connectivity index (χ4v) is 2.95. The molecule has 130 valence electrons. The van der Waals surface area contributed by atoms with Gasteiger partial charge in [0.05, 0.1) is 28.3 Å². The summed E-state index contributed by atoms with van der Waals surface area (Å²) in [5, 5.41) is 24.5. The van der Waals surface area contributed by atoms with Gasteiger partial charge in [0, 0.05) is 33.9 Å². The maximum absolute atomic E-state index is 11.4. The van der Waals surface area contributed by atoms with Crippen molar-refractivity contribution in [2.24, 2.45) is 0 Å². The van der Waals surface area contributed by atoms with E-state index in [9.17, 15) is 15.4 Å². The van der Waals surface area contributed by atoms with Gasteiger partial charge < -0.3 is 10.1 Å². The van der Waals surface area contributed by atoms with Crippen LogP contribution in [0.15, 0.2) is 47.1 Å². The lowest BCUT2D eigenvalue weighted by Crippen LogP contribution is -2.01. The van der Waals surface area contributed by atoms with Gasteiger partial charge in [0.25, 0.3) is 0 Å². The maximum Gasteiger partial charge on any atom is 0.311 e. The minimum atomic E-state index is -0.508. The van der Waals surface area contributed by atoms with Gasteiger partial charge in [0.15, 0.2) is 5.75 Å². The first kappa shape index (κ1) is 17.6. The SMILES string of the molecule is CCOc1cc2ncc(C#N)c(Nc3cccc(Br)c3)c2cc1[N+](=O)[O-]. The number of rotatable bonds is 5. The van der Waals surface area contributed by atoms with Crippen LogP contribution in [0, 0.1) is 21.4 Å². The number of fused-ring (bicyclic) bond motifs is 1. The third-order valence-corrected chi connectivity index (χ3v) is 4.15. The molecule has 0 bridgehead atoms. The lowest BCUT2D eigenvalue weighted by molar-refractivity contribution is -0.385. The molecule has 0 atom stereocenters. The van der Waals surface area contributed by atoms with E-state index in [0.717, 1.165) is 10.2 Å². The van der Waals surface area contributed by atoms with Crippen LogP contribution in [0.1, 0.15) is 12.5 Å². The van der Waals surface area contributed by atoms with E-state index < -0.39 is 4.92 Å². The van der Waals surface area contributed by atoms with E-state index in [1.807, 2.05) is 24.3 Å². The van der Waals surface area contributed by atoms with Crippen LogP contribution in [0.3, 0.4) is 0 Å². The molecular weight excluding hydrogens is 400 g/mol. The molecule has 8 heteroatoms. The molecule has 3 rings (SSSR count). The highest BCUT2D eigenvalue weighted by Crippen LogP contribution is 2.37. The van der Waals surface area contributed by atoms with Gasteiger partial charge >= 0.3 is 5.69 Å². The molecule has 0 amide bonds. The Morgan fingerprint density at radius 3 is 2.85 bits per heavy atom. The average molecular weight is 413 g/mol. The molecule has 0 saturated carbocycles. The maximum atomic E-state index is 11.4. The van der Waals surface area contributed by atoms with E-state index >= 15 is 0 Å². The number of nitriles is 1. The lowest BCUT2D eigenvalue weighted by atomic mass is 10.1. The van der Waals surface area contributed by atoms with Crippen molar-refractivity contribution in [3.05, 3.63) is 62.7 Å². The topological polar surface area (TPSA) is 101 Å². The number of hydrogen-bond donors (Lipinski definition) is 1. The summed E-state index contributed by atoms with van der Waals surface area (Å²) >= 11 is 3.40. The van der Waals surface area contributed by atoms with Gasteiger partial charge in [-0.15, -0.1) is 0 Å². The quantitative estimate of drug-likeness (QED) is 0.471. The van der Waals surface area contributed by atoms with Crippen molar-refractivity contribution in [1.82, 2.24) is 4.98 Å². The van der Waals surface area contributed by atoms with Gasteiger partial charge in [-0.3, -0.25) is 15.1 Å². The van der Waals surface area contributed by atoms with Crippen LogP contribution in [0.2, 0.25) is 0 Å². The minimum Gasteiger partial charge on any atom is -0.487 e. The molecule has 1 aromatic heterocycles. The van der Waals surface area contributed by atoms with Crippen molar-refractivity contribution in [1.29, 1.82) is 5.26 Å². The highest BCUT2D eigenvalue weighted by molar-refractivity contribution is 9.10. The van der Waals surface area contributed by atoms with Crippen molar-refractivity contribution in [2.75, 3.05) is 11.9 Å². The summed E-state index contributed by atoms with van der Waals surface area (Å²) in [7, 11) is 0. The Hall–Kier alpha value is -3.18. The van der Waals surface area contributed by atoms with Crippen LogP contribution in [-0.4, -0.2) is 16.5 Å². The van der Waals surface area contributed by atoms with Gasteiger partial charge in [-0.2, -0.15) is 5.26 Å². The first-order valence-corrected chi connectivity index (χ1v) is 8.49. The molecule has 0 radical (unpaired) electrons. The number of aromatic nitrogens is 1. The van der Waals surface area contributed by atoms with Crippen molar-refractivity contribution < 1.29 is 9.66 Å². The number of benzene rings is 2. The normalized spacial score (nSPS) is 10.3. The zero-order valence-corrected chi connectivity index (χ0v) is 15.3. The minimum absolute atomic E-state index is 0.149. The third-order valence-electron chi connectivity index (χ3n) is 3.66. The van der Waals surface area contributed by atoms with Crippen LogP contribution >= 0.6 is 15.9 Å². The zero-order valence-electron chi connectivity index (χ0n) is 13.7. The highest BCUT2D eigenvalue weighted by atomic mass is 79.9. The second-order valence-corrected chi connectivity index (χ2v) is 6.24.